The molecule has 1 saturated heterocycles. The lowest BCUT2D eigenvalue weighted by Gasteiger charge is -2.09. The Kier molecular flexibility index (Phi) is 15.7. The zero-order valence-corrected chi connectivity index (χ0v) is 18.2. The first-order valence-electron chi connectivity index (χ1n) is 11.8. The summed E-state index contributed by atoms with van der Waals surface area (Å²) in [5.74, 6) is -0.312. The fourth-order valence-electron chi connectivity index (χ4n) is 3.59. The average Bonchev–Trinajstić information content (AvgIpc) is 3.13. The third kappa shape index (κ3) is 13.8. The summed E-state index contributed by atoms with van der Waals surface area (Å²) in [7, 11) is 0. The number of rotatable bonds is 18. The van der Waals surface area contributed by atoms with Gasteiger partial charge in [-0.05, 0) is 38.5 Å². The van der Waals surface area contributed by atoms with Crippen LogP contribution in [0.1, 0.15) is 116 Å². The molecule has 0 spiro atoms. The lowest BCUT2D eigenvalue weighted by Crippen LogP contribution is -2.34. The maximum atomic E-state index is 11.7. The molecule has 1 N–H and O–H groups in total. The van der Waals surface area contributed by atoms with Crippen molar-refractivity contribution < 1.29 is 14.3 Å². The van der Waals surface area contributed by atoms with E-state index in [0.717, 1.165) is 12.8 Å². The van der Waals surface area contributed by atoms with Crippen molar-refractivity contribution in [3.8, 4) is 0 Å². The number of hydrogen-bond donors (Lipinski definition) is 1. The molecule has 1 amide bonds. The van der Waals surface area contributed by atoms with Crippen molar-refractivity contribution in [1.29, 1.82) is 0 Å². The van der Waals surface area contributed by atoms with Gasteiger partial charge in [-0.1, -0.05) is 83.3 Å². The van der Waals surface area contributed by atoms with Gasteiger partial charge in [0, 0.05) is 6.42 Å². The van der Waals surface area contributed by atoms with Gasteiger partial charge in [0.25, 0.3) is 0 Å². The van der Waals surface area contributed by atoms with Crippen LogP contribution in [0.5, 0.6) is 0 Å². The molecule has 0 aromatic rings. The highest BCUT2D eigenvalue weighted by atomic mass is 16.5. The van der Waals surface area contributed by atoms with Crippen molar-refractivity contribution in [3.63, 3.8) is 0 Å². The molecule has 1 fully saturated rings. The zero-order chi connectivity index (χ0) is 20.3. The van der Waals surface area contributed by atoms with E-state index in [9.17, 15) is 9.59 Å². The predicted molar refractivity (Wildman–Crippen MR) is 116 cm³/mol. The van der Waals surface area contributed by atoms with E-state index in [1.165, 1.54) is 83.5 Å². The first-order chi connectivity index (χ1) is 13.7. The van der Waals surface area contributed by atoms with Crippen LogP contribution >= 0.6 is 0 Å². The van der Waals surface area contributed by atoms with Crippen LogP contribution in [0.2, 0.25) is 0 Å². The van der Waals surface area contributed by atoms with Gasteiger partial charge in [0.05, 0.1) is 6.61 Å². The molecule has 1 rings (SSSR count). The molecular weight excluding hydrogens is 350 g/mol. The largest absolute Gasteiger partial charge is 0.464 e. The van der Waals surface area contributed by atoms with Gasteiger partial charge in [-0.2, -0.15) is 0 Å². The van der Waals surface area contributed by atoms with E-state index in [1.54, 1.807) is 0 Å². The SMILES string of the molecule is CCCCCC/C=C/CCCCCCCCCCCOC(=O)[C@@H]1CCC(=O)N1. The highest BCUT2D eigenvalue weighted by Gasteiger charge is 2.28. The Hall–Kier alpha value is -1.32. The molecule has 162 valence electrons. The fraction of sp³-hybridized carbons (Fsp3) is 0.833. The van der Waals surface area contributed by atoms with E-state index in [4.69, 9.17) is 4.74 Å². The molecule has 0 unspecified atom stereocenters. The van der Waals surface area contributed by atoms with Gasteiger partial charge < -0.3 is 10.1 Å². The second kappa shape index (κ2) is 17.8. The molecule has 0 saturated carbocycles. The molecule has 1 heterocycles. The van der Waals surface area contributed by atoms with Crippen molar-refractivity contribution in [2.75, 3.05) is 6.61 Å². The van der Waals surface area contributed by atoms with E-state index in [-0.39, 0.29) is 11.9 Å². The normalized spacial score (nSPS) is 16.6. The van der Waals surface area contributed by atoms with Crippen LogP contribution in [-0.4, -0.2) is 24.5 Å². The molecular formula is C24H43NO3. The van der Waals surface area contributed by atoms with E-state index in [1.807, 2.05) is 0 Å². The Labute approximate surface area is 172 Å². The maximum absolute atomic E-state index is 11.7. The number of amides is 1. The summed E-state index contributed by atoms with van der Waals surface area (Å²) in [6.45, 7) is 2.74. The Bertz CT molecular complexity index is 434. The van der Waals surface area contributed by atoms with Crippen molar-refractivity contribution in [3.05, 3.63) is 12.2 Å². The topological polar surface area (TPSA) is 55.4 Å². The van der Waals surface area contributed by atoms with E-state index in [2.05, 4.69) is 24.4 Å². The number of nitrogens with one attached hydrogen (secondary N) is 1. The predicted octanol–water partition coefficient (Wildman–Crippen LogP) is 6.24. The number of esters is 1. The third-order valence-electron chi connectivity index (χ3n) is 5.43. The first kappa shape index (κ1) is 24.7. The highest BCUT2D eigenvalue weighted by molar-refractivity contribution is 5.87. The third-order valence-corrected chi connectivity index (χ3v) is 5.43. The quantitative estimate of drug-likeness (QED) is 0.170. The van der Waals surface area contributed by atoms with Crippen molar-refractivity contribution in [2.24, 2.45) is 0 Å². The van der Waals surface area contributed by atoms with E-state index >= 15 is 0 Å². The van der Waals surface area contributed by atoms with Gasteiger partial charge in [0.2, 0.25) is 5.91 Å². The van der Waals surface area contributed by atoms with Crippen LogP contribution in [0.25, 0.3) is 0 Å². The van der Waals surface area contributed by atoms with Crippen LogP contribution in [0.15, 0.2) is 12.2 Å². The number of carbonyl (C=O) groups excluding carboxylic acids is 2. The Balaban J connectivity index is 1.74. The molecule has 0 aromatic heterocycles. The van der Waals surface area contributed by atoms with Gasteiger partial charge in [0.15, 0.2) is 0 Å². The summed E-state index contributed by atoms with van der Waals surface area (Å²) in [4.78, 5) is 22.8. The lowest BCUT2D eigenvalue weighted by molar-refractivity contribution is -0.146. The van der Waals surface area contributed by atoms with Crippen LogP contribution in [-0.2, 0) is 14.3 Å². The Morgan fingerprint density at radius 3 is 1.96 bits per heavy atom. The number of allylic oxidation sites excluding steroid dienone is 2. The Morgan fingerprint density at radius 1 is 0.893 bits per heavy atom. The van der Waals surface area contributed by atoms with E-state index in [0.29, 0.717) is 19.4 Å². The summed E-state index contributed by atoms with van der Waals surface area (Å²) in [6.07, 6.45) is 25.0. The molecule has 1 aliphatic rings. The van der Waals surface area contributed by atoms with E-state index < -0.39 is 6.04 Å². The maximum Gasteiger partial charge on any atom is 0.328 e. The molecule has 4 heteroatoms. The molecule has 0 bridgehead atoms. The minimum Gasteiger partial charge on any atom is -0.464 e. The van der Waals surface area contributed by atoms with Crippen LogP contribution in [0.3, 0.4) is 0 Å². The van der Waals surface area contributed by atoms with Crippen molar-refractivity contribution in [2.45, 2.75) is 122 Å². The smallest absolute Gasteiger partial charge is 0.328 e. The summed E-state index contributed by atoms with van der Waals surface area (Å²) in [6, 6.07) is -0.409. The van der Waals surface area contributed by atoms with Crippen molar-refractivity contribution >= 4 is 11.9 Å². The fourth-order valence-corrected chi connectivity index (χ4v) is 3.59. The molecule has 28 heavy (non-hydrogen) atoms. The van der Waals surface area contributed by atoms with Crippen LogP contribution < -0.4 is 5.32 Å². The zero-order valence-electron chi connectivity index (χ0n) is 18.2. The minimum absolute atomic E-state index is 0.0452. The molecule has 4 nitrogen and oxygen atoms in total. The number of unbranched alkanes of at least 4 members (excludes halogenated alkanes) is 13. The number of carbonyl (C=O) groups is 2. The molecule has 1 aliphatic heterocycles. The average molecular weight is 394 g/mol. The molecule has 0 aliphatic carbocycles. The second-order valence-corrected chi connectivity index (χ2v) is 8.12. The molecule has 0 radical (unpaired) electrons. The first-order valence-corrected chi connectivity index (χ1v) is 11.8. The summed E-state index contributed by atoms with van der Waals surface area (Å²) in [5.41, 5.74) is 0. The summed E-state index contributed by atoms with van der Waals surface area (Å²) < 4.78 is 5.24. The second-order valence-electron chi connectivity index (χ2n) is 8.12. The Morgan fingerprint density at radius 2 is 1.43 bits per heavy atom. The minimum atomic E-state index is -0.409. The van der Waals surface area contributed by atoms with Gasteiger partial charge in [0.1, 0.15) is 6.04 Å². The van der Waals surface area contributed by atoms with Crippen LogP contribution in [0.4, 0.5) is 0 Å². The van der Waals surface area contributed by atoms with Gasteiger partial charge in [-0.15, -0.1) is 0 Å². The van der Waals surface area contributed by atoms with Gasteiger partial charge >= 0.3 is 5.97 Å². The van der Waals surface area contributed by atoms with Crippen LogP contribution in [0, 0.1) is 0 Å². The number of hydrogen-bond acceptors (Lipinski definition) is 3. The monoisotopic (exact) mass is 393 g/mol. The lowest BCUT2D eigenvalue weighted by atomic mass is 10.1. The summed E-state index contributed by atoms with van der Waals surface area (Å²) >= 11 is 0. The highest BCUT2D eigenvalue weighted by Crippen LogP contribution is 2.12. The molecule has 0 aromatic carbocycles. The van der Waals surface area contributed by atoms with Gasteiger partial charge in [-0.3, -0.25) is 4.79 Å². The molecule has 1 atom stereocenters. The van der Waals surface area contributed by atoms with Gasteiger partial charge in [-0.25, -0.2) is 4.79 Å². The summed E-state index contributed by atoms with van der Waals surface area (Å²) in [5, 5.41) is 2.65. The number of ether oxygens (including phenoxy) is 1. The van der Waals surface area contributed by atoms with Crippen molar-refractivity contribution in [1.82, 2.24) is 5.32 Å². The standard InChI is InChI=1S/C24H43NO3/c1-2-3-4-5-6-7-8-9-10-11-12-13-14-15-16-17-18-21-28-24(27)22-19-20-23(26)25-22/h7-8,22H,2-6,9-21H2,1H3,(H,25,26)/b8-7+/t22-/m0/s1.